The van der Waals surface area contributed by atoms with Gasteiger partial charge < -0.3 is 19.5 Å². The molecule has 1 unspecified atom stereocenters. The van der Waals surface area contributed by atoms with E-state index in [1.54, 1.807) is 0 Å². The number of carbonyl (C=O) groups is 1. The van der Waals surface area contributed by atoms with Crippen LogP contribution in [0.25, 0.3) is 5.57 Å². The molecule has 1 amide bonds. The summed E-state index contributed by atoms with van der Waals surface area (Å²) in [5.74, 6) is 1.28. The third-order valence-corrected chi connectivity index (χ3v) is 6.79. The second kappa shape index (κ2) is 11.3. The van der Waals surface area contributed by atoms with Crippen molar-refractivity contribution >= 4 is 17.5 Å². The van der Waals surface area contributed by atoms with Crippen molar-refractivity contribution < 1.29 is 27.2 Å². The number of hydrogen-bond donors (Lipinski definition) is 1. The van der Waals surface area contributed by atoms with Crippen LogP contribution in [0.4, 0.5) is 19.2 Å². The first-order valence-electron chi connectivity index (χ1n) is 12.5. The highest BCUT2D eigenvalue weighted by molar-refractivity contribution is 5.80. The largest absolute Gasteiger partial charge is 0.493 e. The second-order valence-corrected chi connectivity index (χ2v) is 9.89. The number of halogens is 3. The lowest BCUT2D eigenvalue weighted by Gasteiger charge is -2.30. The number of aromatic nitrogens is 2. The first-order valence-corrected chi connectivity index (χ1v) is 12.5. The molecule has 2 heterocycles. The zero-order chi connectivity index (χ0) is 25.7. The number of carbonyl (C=O) groups excluding carboxylic acids is 1. The molecule has 1 N–H and O–H groups in total. The topological polar surface area (TPSA) is 80.5 Å². The van der Waals surface area contributed by atoms with Gasteiger partial charge in [-0.2, -0.15) is 18.2 Å². The van der Waals surface area contributed by atoms with Crippen molar-refractivity contribution in [3.63, 3.8) is 0 Å². The molecule has 10 heteroatoms. The standard InChI is InChI=1S/C26H33F3N4O3/c1-17(2)23-31-25(36-32-23)33-13-11-18(12-14-33)15-35-22-9-7-20(8-10-22)19-3-5-21(6-4-19)24(34)30-16-26(27,28)29/h3,7-10,17-18,21H,4-6,11-16H2,1-2H3,(H,30,34). The van der Waals surface area contributed by atoms with E-state index >= 15 is 0 Å². The van der Waals surface area contributed by atoms with Gasteiger partial charge in [0.2, 0.25) is 5.91 Å². The van der Waals surface area contributed by atoms with E-state index in [1.165, 1.54) is 0 Å². The van der Waals surface area contributed by atoms with Crippen LogP contribution in [0, 0.1) is 11.8 Å². The molecular formula is C26H33F3N4O3. The molecule has 1 fully saturated rings. The van der Waals surface area contributed by atoms with Gasteiger partial charge in [0.25, 0.3) is 0 Å². The summed E-state index contributed by atoms with van der Waals surface area (Å²) >= 11 is 0. The van der Waals surface area contributed by atoms with Gasteiger partial charge >= 0.3 is 12.2 Å². The maximum atomic E-state index is 12.3. The van der Waals surface area contributed by atoms with Gasteiger partial charge in [-0.3, -0.25) is 4.79 Å². The van der Waals surface area contributed by atoms with Crippen LogP contribution in [-0.2, 0) is 4.79 Å². The molecule has 2 aromatic rings. The van der Waals surface area contributed by atoms with Crippen molar-refractivity contribution in [1.82, 2.24) is 15.5 Å². The molecule has 36 heavy (non-hydrogen) atoms. The maximum Gasteiger partial charge on any atom is 0.405 e. The first kappa shape index (κ1) is 26.0. The summed E-state index contributed by atoms with van der Waals surface area (Å²) in [5.41, 5.74) is 2.15. The highest BCUT2D eigenvalue weighted by Crippen LogP contribution is 2.32. The zero-order valence-corrected chi connectivity index (χ0v) is 20.7. The Kier molecular flexibility index (Phi) is 8.21. The molecule has 4 rings (SSSR count). The molecule has 1 aliphatic heterocycles. The van der Waals surface area contributed by atoms with Gasteiger partial charge in [-0.25, -0.2) is 0 Å². The average Bonchev–Trinajstić information content (AvgIpc) is 3.37. The van der Waals surface area contributed by atoms with E-state index in [2.05, 4.69) is 15.0 Å². The molecule has 196 valence electrons. The van der Waals surface area contributed by atoms with Crippen molar-refractivity contribution in [3.05, 3.63) is 41.7 Å². The van der Waals surface area contributed by atoms with Gasteiger partial charge in [-0.1, -0.05) is 37.2 Å². The first-order chi connectivity index (χ1) is 17.2. The van der Waals surface area contributed by atoms with E-state index in [9.17, 15) is 18.0 Å². The number of amides is 1. The van der Waals surface area contributed by atoms with Crippen LogP contribution in [0.1, 0.15) is 63.3 Å². The lowest BCUT2D eigenvalue weighted by atomic mass is 9.86. The average molecular weight is 507 g/mol. The summed E-state index contributed by atoms with van der Waals surface area (Å²) in [7, 11) is 0. The Labute approximate surface area is 209 Å². The Morgan fingerprint density at radius 3 is 2.50 bits per heavy atom. The van der Waals surface area contributed by atoms with Crippen LogP contribution in [0.2, 0.25) is 0 Å². The smallest absolute Gasteiger partial charge is 0.405 e. The van der Waals surface area contributed by atoms with Crippen LogP contribution < -0.4 is 15.0 Å². The Morgan fingerprint density at radius 1 is 1.19 bits per heavy atom. The molecule has 2 aliphatic rings. The van der Waals surface area contributed by atoms with Gasteiger partial charge in [-0.15, -0.1) is 0 Å². The predicted octanol–water partition coefficient (Wildman–Crippen LogP) is 5.35. The van der Waals surface area contributed by atoms with Crippen molar-refractivity contribution in [3.8, 4) is 5.75 Å². The number of nitrogens with zero attached hydrogens (tertiary/aromatic N) is 3. The molecule has 1 aliphatic carbocycles. The fraction of sp³-hybridized carbons (Fsp3) is 0.577. The van der Waals surface area contributed by atoms with Crippen molar-refractivity contribution in [2.24, 2.45) is 11.8 Å². The molecule has 0 saturated carbocycles. The van der Waals surface area contributed by atoms with E-state index in [0.717, 1.165) is 48.6 Å². The Bertz CT molecular complexity index is 1040. The molecular weight excluding hydrogens is 473 g/mol. The highest BCUT2D eigenvalue weighted by Gasteiger charge is 2.30. The van der Waals surface area contributed by atoms with Gasteiger partial charge in [0.15, 0.2) is 5.82 Å². The van der Waals surface area contributed by atoms with Crippen molar-refractivity contribution in [2.45, 2.75) is 58.0 Å². The Morgan fingerprint density at radius 2 is 1.92 bits per heavy atom. The van der Waals surface area contributed by atoms with Crippen LogP contribution in [0.15, 0.2) is 34.9 Å². The summed E-state index contributed by atoms with van der Waals surface area (Å²) in [6, 6.07) is 8.48. The molecule has 0 spiro atoms. The number of alkyl halides is 3. The molecule has 1 aromatic carbocycles. The van der Waals surface area contributed by atoms with E-state index in [4.69, 9.17) is 9.26 Å². The zero-order valence-electron chi connectivity index (χ0n) is 20.7. The summed E-state index contributed by atoms with van der Waals surface area (Å²) in [5, 5.41) is 6.03. The minimum absolute atomic E-state index is 0.240. The summed E-state index contributed by atoms with van der Waals surface area (Å²) in [4.78, 5) is 18.6. The predicted molar refractivity (Wildman–Crippen MR) is 130 cm³/mol. The van der Waals surface area contributed by atoms with Crippen LogP contribution in [0.3, 0.4) is 0 Å². The highest BCUT2D eigenvalue weighted by atomic mass is 19.4. The number of ether oxygens (including phenoxy) is 1. The van der Waals surface area contributed by atoms with E-state index in [0.29, 0.717) is 37.8 Å². The third-order valence-electron chi connectivity index (χ3n) is 6.79. The quantitative estimate of drug-likeness (QED) is 0.520. The Hall–Kier alpha value is -3.04. The SMILES string of the molecule is CC(C)c1noc(N2CCC(COc3ccc(C4=CCC(C(=O)NCC(F)(F)F)CC4)cc3)CC2)n1. The number of anilines is 1. The second-order valence-electron chi connectivity index (χ2n) is 9.89. The fourth-order valence-corrected chi connectivity index (χ4v) is 4.53. The summed E-state index contributed by atoms with van der Waals surface area (Å²) in [6.45, 7) is 5.16. The maximum absolute atomic E-state index is 12.3. The molecule has 1 aromatic heterocycles. The number of piperidine rings is 1. The van der Waals surface area contributed by atoms with Crippen LogP contribution >= 0.6 is 0 Å². The van der Waals surface area contributed by atoms with E-state index in [1.807, 2.05) is 49.5 Å². The normalized spacial score (nSPS) is 19.3. The van der Waals surface area contributed by atoms with E-state index < -0.39 is 24.5 Å². The molecule has 7 nitrogen and oxygen atoms in total. The van der Waals surface area contributed by atoms with E-state index in [-0.39, 0.29) is 5.92 Å². The molecule has 0 bridgehead atoms. The summed E-state index contributed by atoms with van der Waals surface area (Å²) in [6.07, 6.45) is 1.18. The lowest BCUT2D eigenvalue weighted by Crippen LogP contribution is -2.38. The van der Waals surface area contributed by atoms with Crippen molar-refractivity contribution in [1.29, 1.82) is 0 Å². The van der Waals surface area contributed by atoms with Crippen molar-refractivity contribution in [2.75, 3.05) is 31.1 Å². The van der Waals surface area contributed by atoms with Crippen LogP contribution in [0.5, 0.6) is 5.75 Å². The number of benzene rings is 1. The third kappa shape index (κ3) is 7.01. The summed E-state index contributed by atoms with van der Waals surface area (Å²) < 4.78 is 48.4. The van der Waals surface area contributed by atoms with Gasteiger partial charge in [0.05, 0.1) is 6.61 Å². The fourth-order valence-electron chi connectivity index (χ4n) is 4.53. The van der Waals surface area contributed by atoms with Gasteiger partial charge in [0, 0.05) is 24.9 Å². The van der Waals surface area contributed by atoms with Gasteiger partial charge in [-0.05, 0) is 61.3 Å². The molecule has 1 atom stereocenters. The Balaban J connectivity index is 1.20. The monoisotopic (exact) mass is 506 g/mol. The molecule has 1 saturated heterocycles. The minimum atomic E-state index is -4.39. The minimum Gasteiger partial charge on any atom is -0.493 e. The number of allylic oxidation sites excluding steroid dienone is 2. The molecule has 0 radical (unpaired) electrons. The number of nitrogens with one attached hydrogen (secondary N) is 1. The van der Waals surface area contributed by atoms with Gasteiger partial charge in [0.1, 0.15) is 12.3 Å². The number of rotatable bonds is 8. The number of hydrogen-bond acceptors (Lipinski definition) is 6. The van der Waals surface area contributed by atoms with Crippen LogP contribution in [-0.4, -0.2) is 48.5 Å². The lowest BCUT2D eigenvalue weighted by molar-refractivity contribution is -0.140.